The molecule has 1 N–H and O–H groups in total. The minimum absolute atomic E-state index is 0.0121. The molecule has 152 valence electrons. The number of hydrogen-bond acceptors (Lipinski definition) is 3. The van der Waals surface area contributed by atoms with Crippen molar-refractivity contribution in [3.63, 3.8) is 0 Å². The number of hydrogen-bond donors (Lipinski definition) is 1. The molecule has 5 heteroatoms. The topological polar surface area (TPSA) is 58.6 Å². The molecule has 0 aliphatic carbocycles. The number of anilines is 1. The van der Waals surface area contributed by atoms with Gasteiger partial charge in [-0.15, -0.1) is 0 Å². The van der Waals surface area contributed by atoms with Gasteiger partial charge in [0.2, 0.25) is 11.8 Å². The highest BCUT2D eigenvalue weighted by atomic mass is 16.5. The first kappa shape index (κ1) is 19.7. The van der Waals surface area contributed by atoms with Crippen LogP contribution in [0.5, 0.6) is 11.5 Å². The van der Waals surface area contributed by atoms with Crippen LogP contribution in [0, 0.1) is 5.92 Å². The van der Waals surface area contributed by atoms with Crippen LogP contribution in [0.1, 0.15) is 24.9 Å². The first-order valence-electron chi connectivity index (χ1n) is 10.1. The summed E-state index contributed by atoms with van der Waals surface area (Å²) in [6.45, 7) is 2.43. The van der Waals surface area contributed by atoms with Crippen molar-refractivity contribution in [2.45, 2.75) is 19.4 Å². The van der Waals surface area contributed by atoms with Crippen molar-refractivity contribution in [3.8, 4) is 11.5 Å². The van der Waals surface area contributed by atoms with Gasteiger partial charge in [-0.05, 0) is 48.9 Å². The van der Waals surface area contributed by atoms with Crippen LogP contribution in [0.2, 0.25) is 0 Å². The lowest BCUT2D eigenvalue weighted by Gasteiger charge is -2.25. The van der Waals surface area contributed by atoms with E-state index in [1.54, 1.807) is 17.0 Å². The van der Waals surface area contributed by atoms with Gasteiger partial charge in [-0.2, -0.15) is 0 Å². The molecule has 30 heavy (non-hydrogen) atoms. The molecule has 4 rings (SSSR count). The summed E-state index contributed by atoms with van der Waals surface area (Å²) in [4.78, 5) is 27.0. The van der Waals surface area contributed by atoms with Crippen molar-refractivity contribution in [3.05, 3.63) is 90.5 Å². The molecule has 3 aromatic rings. The fourth-order valence-corrected chi connectivity index (χ4v) is 3.67. The monoisotopic (exact) mass is 400 g/mol. The zero-order valence-corrected chi connectivity index (χ0v) is 16.8. The Labute approximate surface area is 176 Å². The van der Waals surface area contributed by atoms with Gasteiger partial charge < -0.3 is 15.0 Å². The summed E-state index contributed by atoms with van der Waals surface area (Å²) in [5.41, 5.74) is 1.75. The van der Waals surface area contributed by atoms with Gasteiger partial charge in [0, 0.05) is 18.7 Å². The Bertz CT molecular complexity index is 1000. The average molecular weight is 400 g/mol. The quantitative estimate of drug-likeness (QED) is 0.632. The largest absolute Gasteiger partial charge is 0.457 e. The van der Waals surface area contributed by atoms with Crippen molar-refractivity contribution in [1.82, 2.24) is 4.90 Å². The maximum absolute atomic E-state index is 12.7. The SMILES string of the molecule is C[C@@H](c1ccccc1)N1C[C@H](C(=O)Nc2ccc(Oc3ccccc3)cc2)CC1=O. The van der Waals surface area contributed by atoms with E-state index < -0.39 is 0 Å². The molecular formula is C25H24N2O3. The van der Waals surface area contributed by atoms with Gasteiger partial charge in [-0.25, -0.2) is 0 Å². The first-order valence-corrected chi connectivity index (χ1v) is 10.1. The van der Waals surface area contributed by atoms with Gasteiger partial charge >= 0.3 is 0 Å². The van der Waals surface area contributed by atoms with Crippen molar-refractivity contribution >= 4 is 17.5 Å². The third kappa shape index (κ3) is 4.51. The molecule has 0 saturated carbocycles. The molecule has 3 aromatic carbocycles. The second-order valence-electron chi connectivity index (χ2n) is 7.46. The van der Waals surface area contributed by atoms with Gasteiger partial charge in [0.25, 0.3) is 0 Å². The minimum Gasteiger partial charge on any atom is -0.457 e. The molecular weight excluding hydrogens is 376 g/mol. The summed E-state index contributed by atoms with van der Waals surface area (Å²) in [6.07, 6.45) is 0.234. The summed E-state index contributed by atoms with van der Waals surface area (Å²) >= 11 is 0. The van der Waals surface area contributed by atoms with Crippen LogP contribution >= 0.6 is 0 Å². The van der Waals surface area contributed by atoms with Crippen molar-refractivity contribution in [2.75, 3.05) is 11.9 Å². The summed E-state index contributed by atoms with van der Waals surface area (Å²) in [5.74, 6) is 0.967. The lowest BCUT2D eigenvalue weighted by atomic mass is 10.1. The molecule has 5 nitrogen and oxygen atoms in total. The van der Waals surface area contributed by atoms with Gasteiger partial charge in [-0.3, -0.25) is 9.59 Å². The number of carbonyl (C=O) groups is 2. The Morgan fingerprint density at radius 1 is 0.933 bits per heavy atom. The molecule has 0 aromatic heterocycles. The fourth-order valence-electron chi connectivity index (χ4n) is 3.67. The predicted molar refractivity (Wildman–Crippen MR) is 116 cm³/mol. The van der Waals surface area contributed by atoms with E-state index >= 15 is 0 Å². The molecule has 1 aliphatic heterocycles. The van der Waals surface area contributed by atoms with Gasteiger partial charge in [0.05, 0.1) is 12.0 Å². The zero-order valence-electron chi connectivity index (χ0n) is 16.8. The third-order valence-corrected chi connectivity index (χ3v) is 5.38. The maximum Gasteiger partial charge on any atom is 0.229 e. The zero-order chi connectivity index (χ0) is 20.9. The van der Waals surface area contributed by atoms with E-state index in [0.717, 1.165) is 11.3 Å². The van der Waals surface area contributed by atoms with Crippen LogP contribution < -0.4 is 10.1 Å². The fraction of sp³-hybridized carbons (Fsp3) is 0.200. The summed E-state index contributed by atoms with van der Waals surface area (Å²) < 4.78 is 5.77. The van der Waals surface area contributed by atoms with E-state index in [0.29, 0.717) is 18.0 Å². The Balaban J connectivity index is 1.35. The molecule has 1 heterocycles. The number of benzene rings is 3. The molecule has 1 fully saturated rings. The number of rotatable bonds is 6. The minimum atomic E-state index is -0.357. The number of carbonyl (C=O) groups excluding carboxylic acids is 2. The van der Waals surface area contributed by atoms with Crippen LogP contribution in [-0.2, 0) is 9.59 Å². The molecule has 1 saturated heterocycles. The number of amides is 2. The van der Waals surface area contributed by atoms with Gasteiger partial charge in [0.15, 0.2) is 0 Å². The standard InChI is InChI=1S/C25H24N2O3/c1-18(19-8-4-2-5-9-19)27-17-20(16-24(27)28)25(29)26-21-12-14-23(15-13-21)30-22-10-6-3-7-11-22/h2-15,18,20H,16-17H2,1H3,(H,26,29)/t18-,20+/m0/s1. The lowest BCUT2D eigenvalue weighted by molar-refractivity contribution is -0.129. The maximum atomic E-state index is 12.7. The highest BCUT2D eigenvalue weighted by molar-refractivity contribution is 5.97. The highest BCUT2D eigenvalue weighted by Crippen LogP contribution is 2.29. The molecule has 0 unspecified atom stereocenters. The Hall–Kier alpha value is -3.60. The van der Waals surface area contributed by atoms with E-state index in [2.05, 4.69) is 5.32 Å². The second-order valence-corrected chi connectivity index (χ2v) is 7.46. The van der Waals surface area contributed by atoms with Crippen LogP contribution in [0.25, 0.3) is 0 Å². The number of nitrogens with zero attached hydrogens (tertiary/aromatic N) is 1. The molecule has 0 bridgehead atoms. The van der Waals surface area contributed by atoms with E-state index in [9.17, 15) is 9.59 Å². The molecule has 1 aliphatic rings. The third-order valence-electron chi connectivity index (χ3n) is 5.38. The second kappa shape index (κ2) is 8.82. The van der Waals surface area contributed by atoms with Crippen molar-refractivity contribution < 1.29 is 14.3 Å². The Morgan fingerprint density at radius 2 is 1.53 bits per heavy atom. The van der Waals surface area contributed by atoms with Gasteiger partial charge in [0.1, 0.15) is 11.5 Å². The van der Waals surface area contributed by atoms with E-state index in [4.69, 9.17) is 4.74 Å². The molecule has 2 atom stereocenters. The van der Waals surface area contributed by atoms with Crippen LogP contribution in [0.3, 0.4) is 0 Å². The highest BCUT2D eigenvalue weighted by Gasteiger charge is 2.37. The smallest absolute Gasteiger partial charge is 0.229 e. The number of nitrogens with one attached hydrogen (secondary N) is 1. The number of para-hydroxylation sites is 1. The van der Waals surface area contributed by atoms with E-state index in [1.165, 1.54) is 0 Å². The Morgan fingerprint density at radius 3 is 2.20 bits per heavy atom. The van der Waals surface area contributed by atoms with Crippen molar-refractivity contribution in [1.29, 1.82) is 0 Å². The summed E-state index contributed by atoms with van der Waals surface area (Å²) in [5, 5.41) is 2.92. The molecule has 0 spiro atoms. The van der Waals surface area contributed by atoms with E-state index in [-0.39, 0.29) is 30.2 Å². The van der Waals surface area contributed by atoms with Gasteiger partial charge in [-0.1, -0.05) is 48.5 Å². The lowest BCUT2D eigenvalue weighted by Crippen LogP contribution is -2.30. The summed E-state index contributed by atoms with van der Waals surface area (Å²) in [7, 11) is 0. The summed E-state index contributed by atoms with van der Waals surface area (Å²) in [6, 6.07) is 26.6. The number of likely N-dealkylation sites (tertiary alicyclic amines) is 1. The van der Waals surface area contributed by atoms with E-state index in [1.807, 2.05) is 79.7 Å². The molecule has 0 radical (unpaired) electrons. The van der Waals surface area contributed by atoms with Crippen LogP contribution in [0.15, 0.2) is 84.9 Å². The van der Waals surface area contributed by atoms with Crippen LogP contribution in [0.4, 0.5) is 5.69 Å². The average Bonchev–Trinajstić information content (AvgIpc) is 3.18. The number of ether oxygens (including phenoxy) is 1. The van der Waals surface area contributed by atoms with Crippen molar-refractivity contribution in [2.24, 2.45) is 5.92 Å². The normalized spacial score (nSPS) is 16.9. The first-order chi connectivity index (χ1) is 14.6. The predicted octanol–water partition coefficient (Wildman–Crippen LogP) is 5.03. The van der Waals surface area contributed by atoms with Crippen LogP contribution in [-0.4, -0.2) is 23.3 Å². The molecule has 2 amide bonds. The Kier molecular flexibility index (Phi) is 5.80.